The number of nitrogens with zero attached hydrogens (tertiary/aromatic N) is 2. The van der Waals surface area contributed by atoms with Gasteiger partial charge in [-0.05, 0) is 37.3 Å². The number of barbiturate groups is 1. The fourth-order valence-corrected chi connectivity index (χ4v) is 3.06. The van der Waals surface area contributed by atoms with E-state index in [0.29, 0.717) is 10.7 Å². The third-order valence-corrected chi connectivity index (χ3v) is 4.61. The lowest BCUT2D eigenvalue weighted by molar-refractivity contribution is -0.131. The molecular weight excluding hydrogens is 419 g/mol. The van der Waals surface area contributed by atoms with Gasteiger partial charge in [-0.2, -0.15) is 5.10 Å². The largest absolute Gasteiger partial charge is 0.335 e. The minimum Gasteiger partial charge on any atom is -0.276 e. The molecule has 1 fully saturated rings. The highest BCUT2D eigenvalue weighted by Gasteiger charge is 2.40. The first-order chi connectivity index (χ1) is 13.8. The van der Waals surface area contributed by atoms with Crippen molar-refractivity contribution in [3.63, 3.8) is 0 Å². The number of carbonyl (C=O) groups excluding carboxylic acids is 4. The van der Waals surface area contributed by atoms with Crippen LogP contribution < -0.4 is 15.6 Å². The fraction of sp³-hybridized carbons (Fsp3) is 0.105. The lowest BCUT2D eigenvalue weighted by atomic mass is 10.1. The lowest BCUT2D eigenvalue weighted by Crippen LogP contribution is -2.58. The molecule has 0 unspecified atom stereocenters. The molecule has 148 valence electrons. The molecule has 0 radical (unpaired) electrons. The van der Waals surface area contributed by atoms with Gasteiger partial charge in [0.15, 0.2) is 5.92 Å². The number of hydrogen-bond donors (Lipinski definition) is 2. The fourth-order valence-electron chi connectivity index (χ4n) is 2.56. The second-order valence-electron chi connectivity index (χ2n) is 6.12. The third-order valence-electron chi connectivity index (χ3n) is 4.06. The number of rotatable bonds is 4. The Labute approximate surface area is 175 Å². The van der Waals surface area contributed by atoms with E-state index in [2.05, 4.69) is 15.8 Å². The van der Waals surface area contributed by atoms with Crippen molar-refractivity contribution in [1.82, 2.24) is 10.7 Å². The minimum absolute atomic E-state index is 0.115. The molecule has 3 rings (SSSR count). The van der Waals surface area contributed by atoms with Crippen LogP contribution in [0.3, 0.4) is 0 Å². The predicted octanol–water partition coefficient (Wildman–Crippen LogP) is 2.92. The summed E-state index contributed by atoms with van der Waals surface area (Å²) in [7, 11) is 0. The van der Waals surface area contributed by atoms with E-state index in [4.69, 9.17) is 23.2 Å². The molecular formula is C19H14Cl2N4O4. The predicted molar refractivity (Wildman–Crippen MR) is 108 cm³/mol. The van der Waals surface area contributed by atoms with Crippen molar-refractivity contribution in [1.29, 1.82) is 0 Å². The SMILES string of the molecule is Cc1ccc(N2C(=O)NC(=O)[C@H](/C=N\NC(=O)c3ccc(Cl)cc3Cl)C2=O)cc1. The number of urea groups is 1. The molecule has 1 saturated heterocycles. The summed E-state index contributed by atoms with van der Waals surface area (Å²) >= 11 is 11.7. The van der Waals surface area contributed by atoms with E-state index in [1.807, 2.05) is 6.92 Å². The Kier molecular flexibility index (Phi) is 5.95. The number of carbonyl (C=O) groups is 4. The Morgan fingerprint density at radius 1 is 1.14 bits per heavy atom. The van der Waals surface area contributed by atoms with Crippen LogP contribution >= 0.6 is 23.2 Å². The number of hydrogen-bond acceptors (Lipinski definition) is 5. The maximum Gasteiger partial charge on any atom is 0.335 e. The highest BCUT2D eigenvalue weighted by Crippen LogP contribution is 2.22. The van der Waals surface area contributed by atoms with E-state index in [1.165, 1.54) is 18.2 Å². The molecule has 2 N–H and O–H groups in total. The molecule has 0 spiro atoms. The number of anilines is 1. The summed E-state index contributed by atoms with van der Waals surface area (Å²) in [6.07, 6.45) is 0.951. The number of aryl methyl sites for hydroxylation is 1. The van der Waals surface area contributed by atoms with Gasteiger partial charge in [-0.15, -0.1) is 0 Å². The molecule has 10 heteroatoms. The Morgan fingerprint density at radius 3 is 2.48 bits per heavy atom. The van der Waals surface area contributed by atoms with Crippen LogP contribution in [0, 0.1) is 12.8 Å². The Morgan fingerprint density at radius 2 is 1.83 bits per heavy atom. The second kappa shape index (κ2) is 8.42. The summed E-state index contributed by atoms with van der Waals surface area (Å²) in [6, 6.07) is 10.1. The van der Waals surface area contributed by atoms with E-state index >= 15 is 0 Å². The average molecular weight is 433 g/mol. The van der Waals surface area contributed by atoms with E-state index in [-0.39, 0.29) is 10.6 Å². The molecule has 0 aromatic heterocycles. The maximum atomic E-state index is 12.7. The van der Waals surface area contributed by atoms with Crippen molar-refractivity contribution >= 4 is 58.9 Å². The van der Waals surface area contributed by atoms with Gasteiger partial charge in [-0.1, -0.05) is 40.9 Å². The molecule has 0 aliphatic carbocycles. The molecule has 0 saturated carbocycles. The van der Waals surface area contributed by atoms with Crippen LogP contribution in [0.5, 0.6) is 0 Å². The third kappa shape index (κ3) is 4.44. The van der Waals surface area contributed by atoms with Crippen molar-refractivity contribution in [2.45, 2.75) is 6.92 Å². The van der Waals surface area contributed by atoms with Crippen molar-refractivity contribution < 1.29 is 19.2 Å². The first-order valence-corrected chi connectivity index (χ1v) is 9.07. The quantitative estimate of drug-likeness (QED) is 0.439. The molecule has 5 amide bonds. The molecule has 1 heterocycles. The standard InChI is InChI=1S/C19H14Cl2N4O4/c1-10-2-5-12(6-3-10)25-18(28)14(16(26)23-19(25)29)9-22-24-17(27)13-7-4-11(20)8-15(13)21/h2-9,14H,1H3,(H,24,27)(H,23,26,29)/b22-9-/t14-/m0/s1. The van der Waals surface area contributed by atoms with Gasteiger partial charge in [0.25, 0.3) is 11.8 Å². The molecule has 8 nitrogen and oxygen atoms in total. The summed E-state index contributed by atoms with van der Waals surface area (Å²) in [6.45, 7) is 1.86. The summed E-state index contributed by atoms with van der Waals surface area (Å²) in [5.41, 5.74) is 3.55. The Hall–Kier alpha value is -3.23. The molecule has 29 heavy (non-hydrogen) atoms. The van der Waals surface area contributed by atoms with Crippen molar-refractivity contribution in [3.8, 4) is 0 Å². The molecule has 0 bridgehead atoms. The van der Waals surface area contributed by atoms with Crippen LogP contribution in [-0.2, 0) is 9.59 Å². The van der Waals surface area contributed by atoms with Gasteiger partial charge in [0.05, 0.1) is 16.3 Å². The molecule has 1 aliphatic rings. The van der Waals surface area contributed by atoms with Crippen molar-refractivity contribution in [2.75, 3.05) is 4.90 Å². The van der Waals surface area contributed by atoms with Gasteiger partial charge >= 0.3 is 6.03 Å². The van der Waals surface area contributed by atoms with Crippen LogP contribution in [0.25, 0.3) is 0 Å². The van der Waals surface area contributed by atoms with Crippen LogP contribution in [0.15, 0.2) is 47.6 Å². The zero-order valence-electron chi connectivity index (χ0n) is 15.0. The summed E-state index contributed by atoms with van der Waals surface area (Å²) in [4.78, 5) is 49.8. The highest BCUT2D eigenvalue weighted by molar-refractivity contribution is 6.36. The van der Waals surface area contributed by atoms with Crippen LogP contribution in [0.1, 0.15) is 15.9 Å². The molecule has 1 atom stereocenters. The van der Waals surface area contributed by atoms with Gasteiger partial charge in [0.1, 0.15) is 0 Å². The van der Waals surface area contributed by atoms with Gasteiger partial charge in [-0.25, -0.2) is 15.1 Å². The maximum absolute atomic E-state index is 12.7. The molecule has 2 aromatic carbocycles. The summed E-state index contributed by atoms with van der Waals surface area (Å²) in [5.74, 6) is -3.68. The van der Waals surface area contributed by atoms with Crippen molar-refractivity contribution in [2.24, 2.45) is 11.0 Å². The number of nitrogens with one attached hydrogen (secondary N) is 2. The normalized spacial score (nSPS) is 16.9. The van der Waals surface area contributed by atoms with Crippen LogP contribution in [-0.4, -0.2) is 30.0 Å². The molecule has 1 aliphatic heterocycles. The van der Waals surface area contributed by atoms with Gasteiger partial charge in [-0.3, -0.25) is 19.7 Å². The molecule has 2 aromatic rings. The number of imide groups is 2. The van der Waals surface area contributed by atoms with E-state index in [1.54, 1.807) is 24.3 Å². The smallest absolute Gasteiger partial charge is 0.276 e. The Balaban J connectivity index is 1.75. The number of hydrazone groups is 1. The lowest BCUT2D eigenvalue weighted by Gasteiger charge is -2.28. The topological polar surface area (TPSA) is 108 Å². The van der Waals surface area contributed by atoms with Gasteiger partial charge < -0.3 is 0 Å². The summed E-state index contributed by atoms with van der Waals surface area (Å²) < 4.78 is 0. The Bertz CT molecular complexity index is 1040. The van der Waals surface area contributed by atoms with E-state index < -0.39 is 29.7 Å². The number of halogens is 2. The minimum atomic E-state index is -1.39. The van der Waals surface area contributed by atoms with E-state index in [0.717, 1.165) is 16.7 Å². The monoisotopic (exact) mass is 432 g/mol. The zero-order valence-corrected chi connectivity index (χ0v) is 16.5. The van der Waals surface area contributed by atoms with Crippen LogP contribution in [0.4, 0.5) is 10.5 Å². The first-order valence-electron chi connectivity index (χ1n) is 8.32. The van der Waals surface area contributed by atoms with Crippen LogP contribution in [0.2, 0.25) is 10.0 Å². The summed E-state index contributed by atoms with van der Waals surface area (Å²) in [5, 5.41) is 6.24. The first kappa shape index (κ1) is 20.5. The van der Waals surface area contributed by atoms with E-state index in [9.17, 15) is 19.2 Å². The second-order valence-corrected chi connectivity index (χ2v) is 6.97. The van der Waals surface area contributed by atoms with Crippen molar-refractivity contribution in [3.05, 3.63) is 63.6 Å². The zero-order chi connectivity index (χ0) is 21.1. The van der Waals surface area contributed by atoms with Gasteiger partial charge in [0.2, 0.25) is 5.91 Å². The highest BCUT2D eigenvalue weighted by atomic mass is 35.5. The average Bonchev–Trinajstić information content (AvgIpc) is 2.65. The van der Waals surface area contributed by atoms with Gasteiger partial charge in [0, 0.05) is 11.2 Å². The number of benzene rings is 2. The number of amides is 5.